The fourth-order valence-corrected chi connectivity index (χ4v) is 3.00. The number of aromatic nitrogens is 2. The summed E-state index contributed by atoms with van der Waals surface area (Å²) in [5, 5.41) is 5.37. The minimum absolute atomic E-state index is 0.326. The topological polar surface area (TPSA) is 73.1 Å². The van der Waals surface area contributed by atoms with Crippen LogP contribution in [-0.4, -0.2) is 29.7 Å². The van der Waals surface area contributed by atoms with Crippen LogP contribution >= 0.6 is 11.3 Å². The molecular formula is C12H16N4OS. The first kappa shape index (κ1) is 11.7. The summed E-state index contributed by atoms with van der Waals surface area (Å²) >= 11 is 1.64. The van der Waals surface area contributed by atoms with Gasteiger partial charge in [0.25, 0.3) is 0 Å². The van der Waals surface area contributed by atoms with Crippen molar-refractivity contribution >= 4 is 33.3 Å². The highest BCUT2D eigenvalue weighted by Crippen LogP contribution is 2.26. The summed E-state index contributed by atoms with van der Waals surface area (Å²) in [6, 6.07) is 1.97. The molecule has 2 aromatic rings. The van der Waals surface area contributed by atoms with E-state index in [-0.39, 0.29) is 0 Å². The molecule has 1 aliphatic rings. The van der Waals surface area contributed by atoms with Crippen molar-refractivity contribution in [1.29, 1.82) is 0 Å². The molecule has 6 heteroatoms. The van der Waals surface area contributed by atoms with Gasteiger partial charge in [0.2, 0.25) is 5.95 Å². The van der Waals surface area contributed by atoms with Gasteiger partial charge in [0.05, 0.1) is 10.2 Å². The lowest BCUT2D eigenvalue weighted by atomic mass is 10.1. The molecule has 96 valence electrons. The first-order valence-corrected chi connectivity index (χ1v) is 7.03. The smallest absolute Gasteiger partial charge is 0.222 e. The van der Waals surface area contributed by atoms with Gasteiger partial charge >= 0.3 is 0 Å². The molecule has 3 heterocycles. The number of nitrogens with zero attached hydrogens (tertiary/aromatic N) is 2. The largest absolute Gasteiger partial charge is 0.381 e. The second kappa shape index (κ2) is 5.07. The van der Waals surface area contributed by atoms with Crippen LogP contribution in [0.25, 0.3) is 10.2 Å². The van der Waals surface area contributed by atoms with E-state index in [2.05, 4.69) is 15.3 Å². The van der Waals surface area contributed by atoms with Crippen LogP contribution in [0.1, 0.15) is 12.8 Å². The SMILES string of the molecule is Nc1nc(NCCC2CCOC2)c2sccc2n1. The average molecular weight is 264 g/mol. The summed E-state index contributed by atoms with van der Waals surface area (Å²) in [6.45, 7) is 2.69. The minimum atomic E-state index is 0.326. The van der Waals surface area contributed by atoms with Gasteiger partial charge < -0.3 is 15.8 Å². The van der Waals surface area contributed by atoms with E-state index >= 15 is 0 Å². The number of hydrogen-bond acceptors (Lipinski definition) is 6. The van der Waals surface area contributed by atoms with Crippen molar-refractivity contribution in [2.45, 2.75) is 12.8 Å². The highest BCUT2D eigenvalue weighted by Gasteiger charge is 2.15. The number of rotatable bonds is 4. The van der Waals surface area contributed by atoms with Crippen LogP contribution in [0.2, 0.25) is 0 Å². The van der Waals surface area contributed by atoms with Gasteiger partial charge in [-0.15, -0.1) is 11.3 Å². The number of hydrogen-bond donors (Lipinski definition) is 2. The Labute approximate surface area is 109 Å². The summed E-state index contributed by atoms with van der Waals surface area (Å²) in [7, 11) is 0. The van der Waals surface area contributed by atoms with Crippen LogP contribution in [0.4, 0.5) is 11.8 Å². The fourth-order valence-electron chi connectivity index (χ4n) is 2.21. The molecule has 18 heavy (non-hydrogen) atoms. The molecule has 0 saturated carbocycles. The molecule has 0 amide bonds. The van der Waals surface area contributed by atoms with Crippen molar-refractivity contribution in [2.75, 3.05) is 30.8 Å². The maximum atomic E-state index is 5.70. The standard InChI is InChI=1S/C12H16N4OS/c13-12-15-9-3-6-18-10(9)11(16-12)14-4-1-8-2-5-17-7-8/h3,6,8H,1-2,4-5,7H2,(H3,13,14,15,16). The predicted molar refractivity (Wildman–Crippen MR) is 73.9 cm³/mol. The minimum Gasteiger partial charge on any atom is -0.381 e. The number of anilines is 2. The van der Waals surface area contributed by atoms with Crippen molar-refractivity contribution in [3.8, 4) is 0 Å². The third-order valence-electron chi connectivity index (χ3n) is 3.19. The zero-order chi connectivity index (χ0) is 12.4. The molecule has 1 aliphatic heterocycles. The molecule has 3 rings (SSSR count). The Hall–Kier alpha value is -1.40. The number of ether oxygens (including phenoxy) is 1. The van der Waals surface area contributed by atoms with Crippen molar-refractivity contribution in [3.63, 3.8) is 0 Å². The fraction of sp³-hybridized carbons (Fsp3) is 0.500. The Morgan fingerprint density at radius 2 is 2.44 bits per heavy atom. The molecule has 2 aromatic heterocycles. The molecule has 0 aliphatic carbocycles. The van der Waals surface area contributed by atoms with Crippen molar-refractivity contribution < 1.29 is 4.74 Å². The Morgan fingerprint density at radius 1 is 1.50 bits per heavy atom. The van der Waals surface area contributed by atoms with Crippen LogP contribution in [-0.2, 0) is 4.74 Å². The first-order chi connectivity index (χ1) is 8.83. The summed E-state index contributed by atoms with van der Waals surface area (Å²) in [5.74, 6) is 1.86. The van der Waals surface area contributed by atoms with Crippen molar-refractivity contribution in [1.82, 2.24) is 9.97 Å². The van der Waals surface area contributed by atoms with Crippen molar-refractivity contribution in [2.24, 2.45) is 5.92 Å². The maximum Gasteiger partial charge on any atom is 0.222 e. The van der Waals surface area contributed by atoms with Crippen LogP contribution in [0.5, 0.6) is 0 Å². The highest BCUT2D eigenvalue weighted by molar-refractivity contribution is 7.17. The van der Waals surface area contributed by atoms with Gasteiger partial charge in [-0.1, -0.05) is 0 Å². The Kier molecular flexibility index (Phi) is 3.29. The number of nitrogen functional groups attached to an aromatic ring is 1. The summed E-state index contributed by atoms with van der Waals surface area (Å²) in [4.78, 5) is 8.47. The molecule has 0 aromatic carbocycles. The van der Waals surface area contributed by atoms with Gasteiger partial charge in [0.15, 0.2) is 0 Å². The molecule has 0 bridgehead atoms. The Balaban J connectivity index is 1.67. The molecule has 1 fully saturated rings. The third-order valence-corrected chi connectivity index (χ3v) is 4.10. The number of nitrogens with two attached hydrogens (primary N) is 1. The van der Waals surface area contributed by atoms with E-state index in [9.17, 15) is 0 Å². The van der Waals surface area contributed by atoms with E-state index in [0.29, 0.717) is 11.9 Å². The lowest BCUT2D eigenvalue weighted by molar-refractivity contribution is 0.185. The summed E-state index contributed by atoms with van der Waals surface area (Å²) < 4.78 is 6.44. The summed E-state index contributed by atoms with van der Waals surface area (Å²) in [5.41, 5.74) is 6.62. The number of fused-ring (bicyclic) bond motifs is 1. The number of thiophene rings is 1. The maximum absolute atomic E-state index is 5.70. The van der Waals surface area contributed by atoms with Crippen LogP contribution in [0, 0.1) is 5.92 Å². The zero-order valence-electron chi connectivity index (χ0n) is 10.1. The third kappa shape index (κ3) is 2.39. The van der Waals surface area contributed by atoms with Crippen molar-refractivity contribution in [3.05, 3.63) is 11.4 Å². The summed E-state index contributed by atoms with van der Waals surface area (Å²) in [6.07, 6.45) is 2.28. The second-order valence-corrected chi connectivity index (χ2v) is 5.43. The van der Waals surface area contributed by atoms with Crippen LogP contribution in [0.15, 0.2) is 11.4 Å². The molecule has 0 radical (unpaired) electrons. The van der Waals surface area contributed by atoms with E-state index in [4.69, 9.17) is 10.5 Å². The molecule has 1 saturated heterocycles. The van der Waals surface area contributed by atoms with E-state index < -0.39 is 0 Å². The molecule has 0 spiro atoms. The monoisotopic (exact) mass is 264 g/mol. The average Bonchev–Trinajstić information content (AvgIpc) is 2.98. The van der Waals surface area contributed by atoms with Gasteiger partial charge in [-0.25, -0.2) is 4.98 Å². The van der Waals surface area contributed by atoms with Gasteiger partial charge in [-0.05, 0) is 30.2 Å². The van der Waals surface area contributed by atoms with E-state index in [1.54, 1.807) is 11.3 Å². The van der Waals surface area contributed by atoms with Gasteiger partial charge in [-0.2, -0.15) is 4.98 Å². The van der Waals surface area contributed by atoms with E-state index in [1.807, 2.05) is 11.4 Å². The second-order valence-electron chi connectivity index (χ2n) is 4.51. The number of nitrogens with one attached hydrogen (secondary N) is 1. The van der Waals surface area contributed by atoms with Gasteiger partial charge in [0, 0.05) is 19.8 Å². The first-order valence-electron chi connectivity index (χ1n) is 6.15. The molecule has 1 atom stereocenters. The van der Waals surface area contributed by atoms with Gasteiger partial charge in [0.1, 0.15) is 5.82 Å². The lowest BCUT2D eigenvalue weighted by Gasteiger charge is -2.10. The Morgan fingerprint density at radius 3 is 3.28 bits per heavy atom. The van der Waals surface area contributed by atoms with E-state index in [0.717, 1.165) is 42.2 Å². The lowest BCUT2D eigenvalue weighted by Crippen LogP contribution is -2.10. The molecular weight excluding hydrogens is 248 g/mol. The van der Waals surface area contributed by atoms with Gasteiger partial charge in [-0.3, -0.25) is 0 Å². The Bertz CT molecular complexity index is 536. The normalized spacial score (nSPS) is 19.4. The van der Waals surface area contributed by atoms with Crippen LogP contribution < -0.4 is 11.1 Å². The molecule has 5 nitrogen and oxygen atoms in total. The quantitative estimate of drug-likeness (QED) is 0.884. The predicted octanol–water partition coefficient (Wildman–Crippen LogP) is 2.11. The zero-order valence-corrected chi connectivity index (χ0v) is 10.9. The molecule has 3 N–H and O–H groups in total. The van der Waals surface area contributed by atoms with E-state index in [1.165, 1.54) is 6.42 Å². The van der Waals surface area contributed by atoms with Crippen LogP contribution in [0.3, 0.4) is 0 Å². The molecule has 1 unspecified atom stereocenters. The highest BCUT2D eigenvalue weighted by atomic mass is 32.1.